The Morgan fingerprint density at radius 2 is 2.00 bits per heavy atom. The van der Waals surface area contributed by atoms with Crippen LogP contribution in [0.4, 0.5) is 5.69 Å². The highest BCUT2D eigenvalue weighted by Gasteiger charge is 2.32. The van der Waals surface area contributed by atoms with Gasteiger partial charge in [-0.15, -0.1) is 0 Å². The summed E-state index contributed by atoms with van der Waals surface area (Å²) in [5.41, 5.74) is 3.33. The highest BCUT2D eigenvalue weighted by molar-refractivity contribution is 6.39. The molecule has 0 unspecified atom stereocenters. The van der Waals surface area contributed by atoms with Crippen LogP contribution in [0.5, 0.6) is 0 Å². The van der Waals surface area contributed by atoms with Gasteiger partial charge in [-0.3, -0.25) is 9.59 Å². The lowest BCUT2D eigenvalue weighted by molar-refractivity contribution is -0.152. The Morgan fingerprint density at radius 3 is 2.82 bits per heavy atom. The SMILES string of the molecule is C[C@@H]1OCCN(C(=O)C(=O)Nc2ccc3c(c2)CCC3)[C@H]1C. The summed E-state index contributed by atoms with van der Waals surface area (Å²) in [6.45, 7) is 4.76. The fourth-order valence-electron chi connectivity index (χ4n) is 3.18. The molecule has 2 aliphatic rings. The number of carbonyl (C=O) groups is 2. The summed E-state index contributed by atoms with van der Waals surface area (Å²) in [6, 6.07) is 5.81. The van der Waals surface area contributed by atoms with Crippen molar-refractivity contribution in [2.24, 2.45) is 0 Å². The molecule has 118 valence electrons. The summed E-state index contributed by atoms with van der Waals surface area (Å²) in [5, 5.41) is 2.73. The minimum atomic E-state index is -0.570. The number of amides is 2. The number of nitrogens with zero attached hydrogens (tertiary/aromatic N) is 1. The van der Waals surface area contributed by atoms with Gasteiger partial charge in [0.25, 0.3) is 0 Å². The summed E-state index contributed by atoms with van der Waals surface area (Å²) in [5.74, 6) is -1.05. The van der Waals surface area contributed by atoms with Crippen LogP contribution in [-0.4, -0.2) is 42.0 Å². The molecule has 1 aliphatic carbocycles. The summed E-state index contributed by atoms with van der Waals surface area (Å²) in [6.07, 6.45) is 3.26. The molecule has 1 heterocycles. The monoisotopic (exact) mass is 302 g/mol. The number of carbonyl (C=O) groups excluding carboxylic acids is 2. The van der Waals surface area contributed by atoms with E-state index in [1.54, 1.807) is 4.90 Å². The Bertz CT molecular complexity index is 600. The van der Waals surface area contributed by atoms with Crippen LogP contribution in [-0.2, 0) is 27.2 Å². The first kappa shape index (κ1) is 15.0. The molecule has 5 nitrogen and oxygen atoms in total. The van der Waals surface area contributed by atoms with Gasteiger partial charge < -0.3 is 15.0 Å². The van der Waals surface area contributed by atoms with Crippen molar-refractivity contribution in [2.75, 3.05) is 18.5 Å². The number of fused-ring (bicyclic) bond motifs is 1. The molecule has 0 spiro atoms. The highest BCUT2D eigenvalue weighted by Crippen LogP contribution is 2.25. The molecule has 1 saturated heterocycles. The molecule has 2 amide bonds. The highest BCUT2D eigenvalue weighted by atomic mass is 16.5. The Labute approximate surface area is 130 Å². The van der Waals surface area contributed by atoms with Crippen LogP contribution in [0.3, 0.4) is 0 Å². The third-order valence-electron chi connectivity index (χ3n) is 4.70. The zero-order valence-corrected chi connectivity index (χ0v) is 13.1. The van der Waals surface area contributed by atoms with E-state index in [1.807, 2.05) is 32.0 Å². The first-order valence-electron chi connectivity index (χ1n) is 7.91. The maximum absolute atomic E-state index is 12.4. The Balaban J connectivity index is 1.67. The fraction of sp³-hybridized carbons (Fsp3) is 0.529. The van der Waals surface area contributed by atoms with Crippen molar-refractivity contribution in [3.05, 3.63) is 29.3 Å². The third-order valence-corrected chi connectivity index (χ3v) is 4.70. The minimum Gasteiger partial charge on any atom is -0.375 e. The van der Waals surface area contributed by atoms with Crippen LogP contribution >= 0.6 is 0 Å². The lowest BCUT2D eigenvalue weighted by atomic mass is 10.1. The van der Waals surface area contributed by atoms with Gasteiger partial charge in [0, 0.05) is 12.2 Å². The molecule has 3 rings (SSSR count). The van der Waals surface area contributed by atoms with Gasteiger partial charge >= 0.3 is 11.8 Å². The van der Waals surface area contributed by atoms with E-state index in [1.165, 1.54) is 11.1 Å². The van der Waals surface area contributed by atoms with E-state index in [0.29, 0.717) is 18.8 Å². The van der Waals surface area contributed by atoms with E-state index >= 15 is 0 Å². The maximum Gasteiger partial charge on any atom is 0.313 e. The van der Waals surface area contributed by atoms with Gasteiger partial charge in [0.2, 0.25) is 0 Å². The Hall–Kier alpha value is -1.88. The maximum atomic E-state index is 12.4. The zero-order chi connectivity index (χ0) is 15.7. The molecule has 1 aromatic carbocycles. The Morgan fingerprint density at radius 1 is 1.23 bits per heavy atom. The van der Waals surface area contributed by atoms with E-state index in [9.17, 15) is 9.59 Å². The second-order valence-electron chi connectivity index (χ2n) is 6.11. The predicted molar refractivity (Wildman–Crippen MR) is 83.7 cm³/mol. The average molecular weight is 302 g/mol. The first-order valence-corrected chi connectivity index (χ1v) is 7.91. The molecule has 5 heteroatoms. The third kappa shape index (κ3) is 2.86. The number of aryl methyl sites for hydroxylation is 2. The second-order valence-corrected chi connectivity index (χ2v) is 6.11. The van der Waals surface area contributed by atoms with Crippen molar-refractivity contribution in [3.8, 4) is 0 Å². The van der Waals surface area contributed by atoms with Crippen molar-refractivity contribution in [2.45, 2.75) is 45.3 Å². The predicted octanol–water partition coefficient (Wildman–Crippen LogP) is 1.75. The minimum absolute atomic E-state index is 0.0505. The van der Waals surface area contributed by atoms with Crippen LogP contribution in [0.25, 0.3) is 0 Å². The van der Waals surface area contributed by atoms with Gasteiger partial charge in [0.1, 0.15) is 0 Å². The number of nitrogens with one attached hydrogen (secondary N) is 1. The molecule has 0 saturated carbocycles. The molecular weight excluding hydrogens is 280 g/mol. The van der Waals surface area contributed by atoms with Gasteiger partial charge in [0.15, 0.2) is 0 Å². The number of anilines is 1. The summed E-state index contributed by atoms with van der Waals surface area (Å²) in [7, 11) is 0. The molecular formula is C17H22N2O3. The first-order chi connectivity index (χ1) is 10.6. The van der Waals surface area contributed by atoms with Crippen molar-refractivity contribution in [1.29, 1.82) is 0 Å². The van der Waals surface area contributed by atoms with Crippen LogP contribution < -0.4 is 5.32 Å². The number of ether oxygens (including phenoxy) is 1. The molecule has 1 aliphatic heterocycles. The number of benzene rings is 1. The largest absolute Gasteiger partial charge is 0.375 e. The van der Waals surface area contributed by atoms with Crippen molar-refractivity contribution in [3.63, 3.8) is 0 Å². The second kappa shape index (κ2) is 6.08. The molecule has 0 aromatic heterocycles. The smallest absolute Gasteiger partial charge is 0.313 e. The molecule has 0 bridgehead atoms. The number of rotatable bonds is 1. The van der Waals surface area contributed by atoms with Gasteiger partial charge in [-0.1, -0.05) is 6.07 Å². The lowest BCUT2D eigenvalue weighted by Crippen LogP contribution is -2.54. The normalized spacial score (nSPS) is 24.0. The van der Waals surface area contributed by atoms with Crippen LogP contribution in [0.1, 0.15) is 31.4 Å². The average Bonchev–Trinajstić information content (AvgIpc) is 2.97. The summed E-state index contributed by atoms with van der Waals surface area (Å²) >= 11 is 0. The fourth-order valence-corrected chi connectivity index (χ4v) is 3.18. The summed E-state index contributed by atoms with van der Waals surface area (Å²) < 4.78 is 5.49. The van der Waals surface area contributed by atoms with Crippen molar-refractivity contribution in [1.82, 2.24) is 4.90 Å². The van der Waals surface area contributed by atoms with E-state index in [2.05, 4.69) is 5.32 Å². The van der Waals surface area contributed by atoms with E-state index in [4.69, 9.17) is 4.74 Å². The zero-order valence-electron chi connectivity index (χ0n) is 13.1. The molecule has 22 heavy (non-hydrogen) atoms. The molecule has 1 N–H and O–H groups in total. The van der Waals surface area contributed by atoms with Crippen molar-refractivity contribution >= 4 is 17.5 Å². The molecule has 1 fully saturated rings. The quantitative estimate of drug-likeness (QED) is 0.804. The van der Waals surface area contributed by atoms with E-state index in [0.717, 1.165) is 19.3 Å². The number of hydrogen-bond donors (Lipinski definition) is 1. The van der Waals surface area contributed by atoms with E-state index < -0.39 is 11.8 Å². The topological polar surface area (TPSA) is 58.6 Å². The molecule has 0 radical (unpaired) electrons. The van der Waals surface area contributed by atoms with Gasteiger partial charge in [-0.25, -0.2) is 0 Å². The summed E-state index contributed by atoms with van der Waals surface area (Å²) in [4.78, 5) is 26.2. The Kier molecular flexibility index (Phi) is 4.16. The number of hydrogen-bond acceptors (Lipinski definition) is 3. The van der Waals surface area contributed by atoms with Crippen LogP contribution in [0.15, 0.2) is 18.2 Å². The standard InChI is InChI=1S/C17H22N2O3/c1-11-12(2)22-9-8-19(11)17(21)16(20)18-15-7-6-13-4-3-5-14(13)10-15/h6-7,10-12H,3-5,8-9H2,1-2H3,(H,18,20)/t11-,12-/m0/s1. The van der Waals surface area contributed by atoms with E-state index in [-0.39, 0.29) is 12.1 Å². The van der Waals surface area contributed by atoms with Crippen molar-refractivity contribution < 1.29 is 14.3 Å². The van der Waals surface area contributed by atoms with Gasteiger partial charge in [-0.2, -0.15) is 0 Å². The van der Waals surface area contributed by atoms with Crippen LogP contribution in [0.2, 0.25) is 0 Å². The van der Waals surface area contributed by atoms with Crippen LogP contribution in [0, 0.1) is 0 Å². The molecule has 2 atom stereocenters. The van der Waals surface area contributed by atoms with Gasteiger partial charge in [-0.05, 0) is 56.4 Å². The van der Waals surface area contributed by atoms with Gasteiger partial charge in [0.05, 0.1) is 18.8 Å². The molecule has 1 aromatic rings. The number of morpholine rings is 1. The lowest BCUT2D eigenvalue weighted by Gasteiger charge is -2.37.